The summed E-state index contributed by atoms with van der Waals surface area (Å²) < 4.78 is 12.4. The Morgan fingerprint density at radius 3 is 3.05 bits per heavy atom. The molecular formula is C14H20N4O3S. The van der Waals surface area contributed by atoms with Crippen LogP contribution in [-0.2, 0) is 15.9 Å². The summed E-state index contributed by atoms with van der Waals surface area (Å²) in [6.45, 7) is 6.01. The van der Waals surface area contributed by atoms with Crippen molar-refractivity contribution in [2.75, 3.05) is 31.7 Å². The number of ether oxygens (including phenoxy) is 2. The lowest BCUT2D eigenvalue weighted by atomic mass is 10.2. The molecule has 0 radical (unpaired) electrons. The highest BCUT2D eigenvalue weighted by molar-refractivity contribution is 7.20. The van der Waals surface area contributed by atoms with Gasteiger partial charge >= 0.3 is 0 Å². The van der Waals surface area contributed by atoms with Gasteiger partial charge in [0.05, 0.1) is 18.8 Å². The van der Waals surface area contributed by atoms with E-state index in [1.807, 2.05) is 13.8 Å². The quantitative estimate of drug-likeness (QED) is 0.834. The van der Waals surface area contributed by atoms with Gasteiger partial charge in [0.25, 0.3) is 5.56 Å². The summed E-state index contributed by atoms with van der Waals surface area (Å²) in [6, 6.07) is 1.55. The average molecular weight is 324 g/mol. The maximum absolute atomic E-state index is 12.1. The third-order valence-corrected chi connectivity index (χ3v) is 4.57. The lowest BCUT2D eigenvalue weighted by Gasteiger charge is -2.36. The summed E-state index contributed by atoms with van der Waals surface area (Å²) in [7, 11) is 1.67. The maximum Gasteiger partial charge on any atom is 0.275 e. The number of rotatable bonds is 4. The highest BCUT2D eigenvalue weighted by atomic mass is 32.1. The molecule has 0 bridgehead atoms. The van der Waals surface area contributed by atoms with Crippen molar-refractivity contribution in [3.05, 3.63) is 22.1 Å². The fourth-order valence-corrected chi connectivity index (χ4v) is 3.58. The molecule has 2 unspecified atom stereocenters. The van der Waals surface area contributed by atoms with Gasteiger partial charge in [-0.2, -0.15) is 4.52 Å². The van der Waals surface area contributed by atoms with E-state index in [2.05, 4.69) is 15.0 Å². The second kappa shape index (κ2) is 6.31. The van der Waals surface area contributed by atoms with E-state index in [0.717, 1.165) is 23.8 Å². The topological polar surface area (TPSA) is 69.0 Å². The maximum atomic E-state index is 12.1. The third kappa shape index (κ3) is 2.99. The molecule has 0 amide bonds. The smallest absolute Gasteiger partial charge is 0.275 e. The molecule has 0 aromatic carbocycles. The van der Waals surface area contributed by atoms with E-state index in [0.29, 0.717) is 18.1 Å². The van der Waals surface area contributed by atoms with Crippen LogP contribution in [0.1, 0.15) is 19.5 Å². The van der Waals surface area contributed by atoms with E-state index in [1.54, 1.807) is 13.2 Å². The van der Waals surface area contributed by atoms with Gasteiger partial charge in [-0.25, -0.2) is 4.98 Å². The van der Waals surface area contributed by atoms with Crippen molar-refractivity contribution in [2.45, 2.75) is 32.5 Å². The Hall–Kier alpha value is -1.51. The zero-order chi connectivity index (χ0) is 15.7. The fourth-order valence-electron chi connectivity index (χ4n) is 2.63. The molecule has 8 heteroatoms. The van der Waals surface area contributed by atoms with Crippen molar-refractivity contribution in [2.24, 2.45) is 0 Å². The van der Waals surface area contributed by atoms with Crippen molar-refractivity contribution >= 4 is 21.4 Å². The van der Waals surface area contributed by atoms with Crippen molar-refractivity contribution < 1.29 is 9.47 Å². The summed E-state index contributed by atoms with van der Waals surface area (Å²) in [5.41, 5.74) is 0.673. The molecule has 7 nitrogen and oxygen atoms in total. The number of aryl methyl sites for hydroxylation is 1. The predicted octanol–water partition coefficient (Wildman–Crippen LogP) is 0.954. The average Bonchev–Trinajstić information content (AvgIpc) is 2.91. The molecule has 120 valence electrons. The van der Waals surface area contributed by atoms with Gasteiger partial charge in [0.1, 0.15) is 0 Å². The predicted molar refractivity (Wildman–Crippen MR) is 84.9 cm³/mol. The van der Waals surface area contributed by atoms with Gasteiger partial charge in [-0.1, -0.05) is 18.3 Å². The molecule has 2 aromatic rings. The van der Waals surface area contributed by atoms with E-state index in [4.69, 9.17) is 9.47 Å². The van der Waals surface area contributed by atoms with Crippen LogP contribution in [0.2, 0.25) is 0 Å². The molecule has 1 aliphatic rings. The van der Waals surface area contributed by atoms with Crippen LogP contribution >= 0.6 is 11.3 Å². The number of anilines is 1. The largest absolute Gasteiger partial charge is 0.382 e. The third-order valence-electron chi connectivity index (χ3n) is 3.60. The van der Waals surface area contributed by atoms with E-state index in [-0.39, 0.29) is 17.8 Å². The lowest BCUT2D eigenvalue weighted by molar-refractivity contribution is -0.0511. The van der Waals surface area contributed by atoms with E-state index < -0.39 is 0 Å². The van der Waals surface area contributed by atoms with Crippen LogP contribution in [0.25, 0.3) is 4.96 Å². The molecule has 0 N–H and O–H groups in total. The molecule has 3 rings (SSSR count). The minimum Gasteiger partial charge on any atom is -0.382 e. The summed E-state index contributed by atoms with van der Waals surface area (Å²) in [4.78, 5) is 19.4. The SMILES string of the molecule is CCc1cc(=O)n2nc(N3CC(C)OC(COC)C3)sc2n1. The number of fused-ring (bicyclic) bond motifs is 1. The number of methoxy groups -OCH3 is 1. The van der Waals surface area contributed by atoms with Crippen molar-refractivity contribution in [3.63, 3.8) is 0 Å². The summed E-state index contributed by atoms with van der Waals surface area (Å²) in [5, 5.41) is 5.23. The van der Waals surface area contributed by atoms with Gasteiger partial charge in [0.15, 0.2) is 0 Å². The first kappa shape index (κ1) is 15.4. The van der Waals surface area contributed by atoms with Crippen molar-refractivity contribution in [1.82, 2.24) is 14.6 Å². The van der Waals surface area contributed by atoms with Crippen LogP contribution in [0.5, 0.6) is 0 Å². The van der Waals surface area contributed by atoms with Crippen LogP contribution < -0.4 is 10.5 Å². The van der Waals surface area contributed by atoms with E-state index in [1.165, 1.54) is 15.9 Å². The minimum absolute atomic E-state index is 0.0108. The Balaban J connectivity index is 1.92. The van der Waals surface area contributed by atoms with Crippen molar-refractivity contribution in [3.8, 4) is 0 Å². The highest BCUT2D eigenvalue weighted by Gasteiger charge is 2.27. The van der Waals surface area contributed by atoms with Crippen LogP contribution in [-0.4, -0.2) is 53.6 Å². The van der Waals surface area contributed by atoms with Crippen LogP contribution in [0.15, 0.2) is 10.9 Å². The number of nitrogens with zero attached hydrogens (tertiary/aromatic N) is 4. The van der Waals surface area contributed by atoms with E-state index >= 15 is 0 Å². The first-order valence-corrected chi connectivity index (χ1v) is 8.21. The van der Waals surface area contributed by atoms with Crippen molar-refractivity contribution in [1.29, 1.82) is 0 Å². The van der Waals surface area contributed by atoms with Gasteiger partial charge in [-0.05, 0) is 13.3 Å². The standard InChI is InChI=1S/C14H20N4O3S/c1-4-10-5-12(19)18-13(15-10)22-14(16-18)17-6-9(2)21-11(7-17)8-20-3/h5,9,11H,4,6-8H2,1-3H3. The van der Waals surface area contributed by atoms with Gasteiger partial charge in [0.2, 0.25) is 10.1 Å². The van der Waals surface area contributed by atoms with Crippen LogP contribution in [0, 0.1) is 0 Å². The number of morpholine rings is 1. The first-order chi connectivity index (χ1) is 10.6. The second-order valence-electron chi connectivity index (χ2n) is 5.45. The molecule has 0 saturated carbocycles. The second-order valence-corrected chi connectivity index (χ2v) is 6.38. The number of aromatic nitrogens is 3. The molecule has 2 atom stereocenters. The van der Waals surface area contributed by atoms with Gasteiger partial charge in [-0.15, -0.1) is 5.10 Å². The Morgan fingerprint density at radius 1 is 1.50 bits per heavy atom. The molecule has 1 fully saturated rings. The fraction of sp³-hybridized carbons (Fsp3) is 0.643. The Kier molecular flexibility index (Phi) is 4.42. The van der Waals surface area contributed by atoms with Gasteiger partial charge in [-0.3, -0.25) is 4.79 Å². The summed E-state index contributed by atoms with van der Waals surface area (Å²) in [5.74, 6) is 0. The molecule has 2 aromatic heterocycles. The minimum atomic E-state index is -0.126. The Morgan fingerprint density at radius 2 is 2.32 bits per heavy atom. The number of hydrogen-bond donors (Lipinski definition) is 0. The molecule has 0 aliphatic carbocycles. The molecule has 1 saturated heterocycles. The Bertz CT molecular complexity index is 714. The zero-order valence-corrected chi connectivity index (χ0v) is 13.8. The highest BCUT2D eigenvalue weighted by Crippen LogP contribution is 2.25. The monoisotopic (exact) mass is 324 g/mol. The van der Waals surface area contributed by atoms with Crippen LogP contribution in [0.4, 0.5) is 5.13 Å². The van der Waals surface area contributed by atoms with Crippen LogP contribution in [0.3, 0.4) is 0 Å². The molecule has 1 aliphatic heterocycles. The van der Waals surface area contributed by atoms with Gasteiger partial charge in [0, 0.05) is 32.0 Å². The molecule has 0 spiro atoms. The normalized spacial score (nSPS) is 22.4. The molecular weight excluding hydrogens is 304 g/mol. The van der Waals surface area contributed by atoms with Gasteiger partial charge < -0.3 is 14.4 Å². The lowest BCUT2D eigenvalue weighted by Crippen LogP contribution is -2.48. The first-order valence-electron chi connectivity index (χ1n) is 7.39. The summed E-state index contributed by atoms with van der Waals surface area (Å²) in [6.07, 6.45) is 0.845. The molecule has 22 heavy (non-hydrogen) atoms. The summed E-state index contributed by atoms with van der Waals surface area (Å²) >= 11 is 1.44. The zero-order valence-electron chi connectivity index (χ0n) is 13.0. The Labute approximate surface area is 132 Å². The van der Waals surface area contributed by atoms with E-state index in [9.17, 15) is 4.79 Å². The number of hydrogen-bond acceptors (Lipinski definition) is 7. The molecule has 3 heterocycles.